The van der Waals surface area contributed by atoms with Crippen molar-refractivity contribution in [1.82, 2.24) is 5.32 Å². The number of alkyl halides is 2. The van der Waals surface area contributed by atoms with Crippen LogP contribution in [0, 0.1) is 0 Å². The van der Waals surface area contributed by atoms with Gasteiger partial charge < -0.3 is 16.4 Å². The fraction of sp³-hybridized carbons (Fsp3) is 0.500. The second-order valence-corrected chi connectivity index (χ2v) is 4.97. The van der Waals surface area contributed by atoms with Crippen LogP contribution in [0.3, 0.4) is 0 Å². The lowest BCUT2D eigenvalue weighted by atomic mass is 10.3. The Morgan fingerprint density at radius 3 is 2.88 bits per heavy atom. The summed E-state index contributed by atoms with van der Waals surface area (Å²) in [5.41, 5.74) is 5.99. The summed E-state index contributed by atoms with van der Waals surface area (Å²) in [6.45, 7) is -0.441. The van der Waals surface area contributed by atoms with Gasteiger partial charge in [0.05, 0.1) is 17.2 Å². The van der Waals surface area contributed by atoms with Crippen molar-refractivity contribution in [2.45, 2.75) is 25.3 Å². The number of anilines is 2. The van der Waals surface area contributed by atoms with Gasteiger partial charge in [0.2, 0.25) is 0 Å². The summed E-state index contributed by atoms with van der Waals surface area (Å²) in [5, 5.41) is 5.83. The molecule has 2 rings (SSSR count). The molecule has 1 saturated carbocycles. The summed E-state index contributed by atoms with van der Waals surface area (Å²) in [4.78, 5) is 12.1. The second kappa shape index (κ2) is 4.87. The smallest absolute Gasteiger partial charge is 0.263 e. The molecule has 0 unspecified atom stereocenters. The average molecular weight is 261 g/mol. The third-order valence-corrected chi connectivity index (χ3v) is 3.42. The Hall–Kier alpha value is -1.37. The molecule has 1 aromatic heterocycles. The molecule has 0 atom stereocenters. The average Bonchev–Trinajstić information content (AvgIpc) is 2.97. The lowest BCUT2D eigenvalue weighted by Gasteiger charge is -2.01. The fourth-order valence-electron chi connectivity index (χ4n) is 1.33. The maximum absolute atomic E-state index is 12.0. The standard InChI is InChI=1S/C10H13F2N3OS/c11-7(12)4-14-8-3-6(13)9(17-8)10(16)15-5-1-2-5/h3,5,7,14H,1-2,4,13H2,(H,15,16). The number of nitrogens with one attached hydrogen (secondary N) is 2. The summed E-state index contributed by atoms with van der Waals surface area (Å²) >= 11 is 1.10. The lowest BCUT2D eigenvalue weighted by molar-refractivity contribution is 0.0956. The molecule has 94 valence electrons. The zero-order valence-corrected chi connectivity index (χ0v) is 9.82. The summed E-state index contributed by atoms with van der Waals surface area (Å²) in [7, 11) is 0. The highest BCUT2D eigenvalue weighted by Gasteiger charge is 2.25. The zero-order valence-electron chi connectivity index (χ0n) is 9.00. The molecule has 1 amide bonds. The maximum atomic E-state index is 12.0. The Morgan fingerprint density at radius 1 is 1.59 bits per heavy atom. The summed E-state index contributed by atoms with van der Waals surface area (Å²) in [5.74, 6) is -0.222. The Morgan fingerprint density at radius 2 is 2.29 bits per heavy atom. The largest absolute Gasteiger partial charge is 0.397 e. The molecule has 1 aliphatic carbocycles. The van der Waals surface area contributed by atoms with Crippen LogP contribution >= 0.6 is 11.3 Å². The van der Waals surface area contributed by atoms with E-state index in [2.05, 4.69) is 10.6 Å². The van der Waals surface area contributed by atoms with Crippen molar-refractivity contribution in [3.63, 3.8) is 0 Å². The highest BCUT2D eigenvalue weighted by molar-refractivity contribution is 7.18. The molecular formula is C10H13F2N3OS. The highest BCUT2D eigenvalue weighted by Crippen LogP contribution is 2.30. The van der Waals surface area contributed by atoms with Crippen LogP contribution in [-0.2, 0) is 0 Å². The van der Waals surface area contributed by atoms with E-state index >= 15 is 0 Å². The number of nitrogens with two attached hydrogens (primary N) is 1. The van der Waals surface area contributed by atoms with E-state index in [1.807, 2.05) is 0 Å². The van der Waals surface area contributed by atoms with Gasteiger partial charge >= 0.3 is 0 Å². The van der Waals surface area contributed by atoms with Crippen molar-refractivity contribution in [3.05, 3.63) is 10.9 Å². The van der Waals surface area contributed by atoms with Crippen molar-refractivity contribution in [2.75, 3.05) is 17.6 Å². The van der Waals surface area contributed by atoms with Crippen LogP contribution in [0.25, 0.3) is 0 Å². The fourth-order valence-corrected chi connectivity index (χ4v) is 2.22. The quantitative estimate of drug-likeness (QED) is 0.758. The number of halogens is 2. The predicted octanol–water partition coefficient (Wildman–Crippen LogP) is 1.90. The number of carbonyl (C=O) groups is 1. The van der Waals surface area contributed by atoms with E-state index < -0.39 is 13.0 Å². The number of hydrogen-bond donors (Lipinski definition) is 3. The number of hydrogen-bond acceptors (Lipinski definition) is 4. The minimum absolute atomic E-state index is 0.222. The SMILES string of the molecule is Nc1cc(NCC(F)F)sc1C(=O)NC1CC1. The van der Waals surface area contributed by atoms with E-state index in [1.165, 1.54) is 6.07 Å². The van der Waals surface area contributed by atoms with E-state index in [0.717, 1.165) is 24.2 Å². The molecule has 1 heterocycles. The van der Waals surface area contributed by atoms with Gasteiger partial charge in [-0.1, -0.05) is 0 Å². The van der Waals surface area contributed by atoms with Gasteiger partial charge in [0.25, 0.3) is 12.3 Å². The zero-order chi connectivity index (χ0) is 12.4. The van der Waals surface area contributed by atoms with Gasteiger partial charge in [0.15, 0.2) is 0 Å². The number of carbonyl (C=O) groups excluding carboxylic acids is 1. The van der Waals surface area contributed by atoms with E-state index in [0.29, 0.717) is 15.6 Å². The molecule has 4 nitrogen and oxygen atoms in total. The van der Waals surface area contributed by atoms with E-state index in [4.69, 9.17) is 5.73 Å². The molecule has 1 aromatic rings. The molecule has 1 aliphatic rings. The highest BCUT2D eigenvalue weighted by atomic mass is 32.1. The van der Waals surface area contributed by atoms with Gasteiger partial charge in [-0.05, 0) is 18.9 Å². The number of nitrogen functional groups attached to an aromatic ring is 1. The molecule has 0 bridgehead atoms. The van der Waals surface area contributed by atoms with Crippen LogP contribution in [0.1, 0.15) is 22.5 Å². The molecule has 0 spiro atoms. The molecule has 0 radical (unpaired) electrons. The van der Waals surface area contributed by atoms with Crippen LogP contribution < -0.4 is 16.4 Å². The van der Waals surface area contributed by atoms with Gasteiger partial charge in [-0.2, -0.15) is 0 Å². The van der Waals surface area contributed by atoms with Crippen molar-refractivity contribution in [1.29, 1.82) is 0 Å². The molecule has 17 heavy (non-hydrogen) atoms. The topological polar surface area (TPSA) is 67.1 Å². The third-order valence-electron chi connectivity index (χ3n) is 2.31. The molecule has 7 heteroatoms. The first-order chi connectivity index (χ1) is 8.06. The predicted molar refractivity (Wildman–Crippen MR) is 63.7 cm³/mol. The van der Waals surface area contributed by atoms with E-state index in [-0.39, 0.29) is 11.9 Å². The van der Waals surface area contributed by atoms with Gasteiger partial charge in [-0.3, -0.25) is 4.79 Å². The monoisotopic (exact) mass is 261 g/mol. The van der Waals surface area contributed by atoms with Crippen LogP contribution in [0.4, 0.5) is 19.5 Å². The molecular weight excluding hydrogens is 248 g/mol. The van der Waals surface area contributed by atoms with Crippen LogP contribution in [0.5, 0.6) is 0 Å². The van der Waals surface area contributed by atoms with Gasteiger partial charge in [-0.25, -0.2) is 8.78 Å². The van der Waals surface area contributed by atoms with Crippen molar-refractivity contribution < 1.29 is 13.6 Å². The summed E-state index contributed by atoms with van der Waals surface area (Å²) in [6, 6.07) is 1.76. The molecule has 4 N–H and O–H groups in total. The molecule has 0 aromatic carbocycles. The Kier molecular flexibility index (Phi) is 3.46. The van der Waals surface area contributed by atoms with Crippen molar-refractivity contribution in [3.8, 4) is 0 Å². The van der Waals surface area contributed by atoms with Crippen LogP contribution in [0.2, 0.25) is 0 Å². The van der Waals surface area contributed by atoms with E-state index in [1.54, 1.807) is 0 Å². The van der Waals surface area contributed by atoms with Crippen molar-refractivity contribution in [2.24, 2.45) is 0 Å². The normalized spacial score (nSPS) is 15.0. The number of amides is 1. The van der Waals surface area contributed by atoms with Gasteiger partial charge in [0, 0.05) is 6.04 Å². The second-order valence-electron chi connectivity index (χ2n) is 3.91. The number of thiophene rings is 1. The first-order valence-corrected chi connectivity index (χ1v) is 6.10. The lowest BCUT2D eigenvalue weighted by Crippen LogP contribution is -2.25. The molecule has 0 saturated heterocycles. The first-order valence-electron chi connectivity index (χ1n) is 5.28. The summed E-state index contributed by atoms with van der Waals surface area (Å²) in [6.07, 6.45) is -0.442. The molecule has 1 fully saturated rings. The molecule has 0 aliphatic heterocycles. The number of rotatable bonds is 5. The Labute approximate surface area is 101 Å². The first kappa shape index (κ1) is 12.1. The summed E-state index contributed by atoms with van der Waals surface area (Å²) < 4.78 is 24.0. The van der Waals surface area contributed by atoms with Crippen molar-refractivity contribution >= 4 is 27.9 Å². The van der Waals surface area contributed by atoms with Gasteiger partial charge in [-0.15, -0.1) is 11.3 Å². The van der Waals surface area contributed by atoms with Crippen LogP contribution in [-0.4, -0.2) is 24.9 Å². The Balaban J connectivity index is 1.99. The van der Waals surface area contributed by atoms with Crippen LogP contribution in [0.15, 0.2) is 6.07 Å². The third kappa shape index (κ3) is 3.29. The Bertz CT molecular complexity index is 418. The van der Waals surface area contributed by atoms with Gasteiger partial charge in [0.1, 0.15) is 4.88 Å². The minimum atomic E-state index is -2.43. The minimum Gasteiger partial charge on any atom is -0.397 e. The maximum Gasteiger partial charge on any atom is 0.263 e. The van der Waals surface area contributed by atoms with E-state index in [9.17, 15) is 13.6 Å².